The summed E-state index contributed by atoms with van der Waals surface area (Å²) < 4.78 is 1.20. The quantitative estimate of drug-likeness (QED) is 0.883. The van der Waals surface area contributed by atoms with Crippen molar-refractivity contribution < 1.29 is 0 Å². The minimum absolute atomic E-state index is 0.780. The van der Waals surface area contributed by atoms with Crippen molar-refractivity contribution >= 4 is 21.6 Å². The minimum atomic E-state index is 0.780. The second kappa shape index (κ2) is 6.48. The first kappa shape index (κ1) is 14.4. The highest BCUT2D eigenvalue weighted by molar-refractivity contribution is 9.10. The van der Waals surface area contributed by atoms with E-state index in [4.69, 9.17) is 0 Å². The lowest BCUT2D eigenvalue weighted by Gasteiger charge is -2.46. The van der Waals surface area contributed by atoms with Gasteiger partial charge < -0.3 is 10.2 Å². The van der Waals surface area contributed by atoms with Crippen LogP contribution in [0.4, 0.5) is 5.69 Å². The fourth-order valence-electron chi connectivity index (χ4n) is 4.07. The van der Waals surface area contributed by atoms with Crippen LogP contribution < -0.4 is 10.2 Å². The standard InChI is InChI=1S/C17H25BrN2/c1-19-12-14-8-9-15(18)11-17(14)20-10-4-6-13-5-2-3-7-16(13)20/h8-9,11,13,16,19H,2-7,10,12H2,1H3/t13-,16-/m1/s1. The summed E-state index contributed by atoms with van der Waals surface area (Å²) in [6.07, 6.45) is 8.47. The van der Waals surface area contributed by atoms with Crippen LogP contribution in [0.3, 0.4) is 0 Å². The van der Waals surface area contributed by atoms with E-state index in [1.54, 1.807) is 0 Å². The summed E-state index contributed by atoms with van der Waals surface area (Å²) in [4.78, 5) is 2.71. The second-order valence-electron chi connectivity index (χ2n) is 6.25. The molecular weight excluding hydrogens is 312 g/mol. The Balaban J connectivity index is 1.91. The van der Waals surface area contributed by atoms with Crippen molar-refractivity contribution in [1.82, 2.24) is 5.32 Å². The van der Waals surface area contributed by atoms with Crippen molar-refractivity contribution in [2.24, 2.45) is 5.92 Å². The van der Waals surface area contributed by atoms with Gasteiger partial charge in [0.05, 0.1) is 0 Å². The number of nitrogens with zero attached hydrogens (tertiary/aromatic N) is 1. The average Bonchev–Trinajstić information content (AvgIpc) is 2.49. The molecule has 0 spiro atoms. The molecule has 2 nitrogen and oxygen atoms in total. The number of nitrogens with one attached hydrogen (secondary N) is 1. The van der Waals surface area contributed by atoms with Crippen molar-refractivity contribution in [1.29, 1.82) is 0 Å². The van der Waals surface area contributed by atoms with E-state index in [1.807, 2.05) is 7.05 Å². The third kappa shape index (κ3) is 2.89. The molecule has 3 rings (SSSR count). The number of benzene rings is 1. The predicted octanol–water partition coefficient (Wildman–Crippen LogP) is 4.33. The molecule has 1 saturated heterocycles. The summed E-state index contributed by atoms with van der Waals surface area (Å²) in [6.45, 7) is 2.19. The maximum atomic E-state index is 3.65. The number of fused-ring (bicyclic) bond motifs is 1. The van der Waals surface area contributed by atoms with Gasteiger partial charge in [-0.3, -0.25) is 0 Å². The molecule has 1 N–H and O–H groups in total. The zero-order valence-electron chi connectivity index (χ0n) is 12.4. The summed E-state index contributed by atoms with van der Waals surface area (Å²) in [5, 5.41) is 3.31. The molecule has 1 heterocycles. The first-order valence-corrected chi connectivity index (χ1v) is 8.78. The lowest BCUT2D eigenvalue weighted by atomic mass is 9.78. The van der Waals surface area contributed by atoms with Crippen LogP contribution in [0, 0.1) is 5.92 Å². The van der Waals surface area contributed by atoms with Crippen LogP contribution in [0.15, 0.2) is 22.7 Å². The lowest BCUT2D eigenvalue weighted by molar-refractivity contribution is 0.243. The fourth-order valence-corrected chi connectivity index (χ4v) is 4.42. The van der Waals surface area contributed by atoms with E-state index in [2.05, 4.69) is 44.3 Å². The Morgan fingerprint density at radius 1 is 1.20 bits per heavy atom. The highest BCUT2D eigenvalue weighted by Crippen LogP contribution is 2.39. The van der Waals surface area contributed by atoms with E-state index in [0.29, 0.717) is 0 Å². The third-order valence-corrected chi connectivity index (χ3v) is 5.46. The van der Waals surface area contributed by atoms with Gasteiger partial charge in [-0.1, -0.05) is 34.8 Å². The summed E-state index contributed by atoms with van der Waals surface area (Å²) in [5.74, 6) is 0.930. The number of piperidine rings is 1. The van der Waals surface area contributed by atoms with Crippen LogP contribution in [-0.2, 0) is 6.54 Å². The van der Waals surface area contributed by atoms with Crippen molar-refractivity contribution in [3.8, 4) is 0 Å². The van der Waals surface area contributed by atoms with Crippen LogP contribution in [0.2, 0.25) is 0 Å². The Hall–Kier alpha value is -0.540. The van der Waals surface area contributed by atoms with Crippen LogP contribution in [0.1, 0.15) is 44.1 Å². The Labute approximate surface area is 131 Å². The maximum absolute atomic E-state index is 3.65. The normalized spacial score (nSPS) is 26.4. The van der Waals surface area contributed by atoms with E-state index in [1.165, 1.54) is 60.8 Å². The summed E-state index contributed by atoms with van der Waals surface area (Å²) >= 11 is 3.65. The van der Waals surface area contributed by atoms with Gasteiger partial charge in [-0.05, 0) is 56.3 Å². The van der Waals surface area contributed by atoms with Crippen LogP contribution in [0.5, 0.6) is 0 Å². The summed E-state index contributed by atoms with van der Waals surface area (Å²) in [6, 6.07) is 7.53. The number of rotatable bonds is 3. The van der Waals surface area contributed by atoms with Crippen molar-refractivity contribution in [2.45, 2.75) is 51.1 Å². The van der Waals surface area contributed by atoms with E-state index in [0.717, 1.165) is 18.5 Å². The first-order valence-electron chi connectivity index (χ1n) is 7.99. The van der Waals surface area contributed by atoms with E-state index in [9.17, 15) is 0 Å². The molecule has 1 aliphatic carbocycles. The topological polar surface area (TPSA) is 15.3 Å². The fraction of sp³-hybridized carbons (Fsp3) is 0.647. The Bertz CT molecular complexity index is 458. The Kier molecular flexibility index (Phi) is 4.67. The Morgan fingerprint density at radius 3 is 2.85 bits per heavy atom. The highest BCUT2D eigenvalue weighted by Gasteiger charge is 2.33. The average molecular weight is 337 g/mol. The molecular formula is C17H25BrN2. The van der Waals surface area contributed by atoms with E-state index >= 15 is 0 Å². The molecule has 110 valence electrons. The highest BCUT2D eigenvalue weighted by atomic mass is 79.9. The smallest absolute Gasteiger partial charge is 0.0425 e. The molecule has 2 aliphatic rings. The number of halogens is 1. The van der Waals surface area contributed by atoms with Crippen molar-refractivity contribution in [2.75, 3.05) is 18.5 Å². The van der Waals surface area contributed by atoms with Crippen LogP contribution >= 0.6 is 15.9 Å². The molecule has 3 heteroatoms. The van der Waals surface area contributed by atoms with Gasteiger partial charge in [-0.25, -0.2) is 0 Å². The molecule has 0 amide bonds. The number of anilines is 1. The maximum Gasteiger partial charge on any atom is 0.0425 e. The molecule has 20 heavy (non-hydrogen) atoms. The molecule has 1 saturated carbocycles. The van der Waals surface area contributed by atoms with Gasteiger partial charge in [0.2, 0.25) is 0 Å². The van der Waals surface area contributed by atoms with Gasteiger partial charge >= 0.3 is 0 Å². The van der Waals surface area contributed by atoms with Crippen LogP contribution in [-0.4, -0.2) is 19.6 Å². The van der Waals surface area contributed by atoms with E-state index < -0.39 is 0 Å². The molecule has 0 bridgehead atoms. The first-order chi connectivity index (χ1) is 9.79. The lowest BCUT2D eigenvalue weighted by Crippen LogP contribution is -2.47. The Morgan fingerprint density at radius 2 is 2.00 bits per heavy atom. The monoisotopic (exact) mass is 336 g/mol. The van der Waals surface area contributed by atoms with Crippen molar-refractivity contribution in [3.63, 3.8) is 0 Å². The molecule has 1 aromatic rings. The van der Waals surface area contributed by atoms with Gasteiger partial charge in [-0.2, -0.15) is 0 Å². The molecule has 1 aromatic carbocycles. The second-order valence-corrected chi connectivity index (χ2v) is 7.17. The van der Waals surface area contributed by atoms with Gasteiger partial charge in [-0.15, -0.1) is 0 Å². The van der Waals surface area contributed by atoms with Gasteiger partial charge in [0.15, 0.2) is 0 Å². The largest absolute Gasteiger partial charge is 0.368 e. The molecule has 0 aromatic heterocycles. The number of hydrogen-bond donors (Lipinski definition) is 1. The molecule has 2 fully saturated rings. The van der Waals surface area contributed by atoms with Crippen LogP contribution in [0.25, 0.3) is 0 Å². The summed E-state index contributed by atoms with van der Waals surface area (Å²) in [5.41, 5.74) is 2.88. The third-order valence-electron chi connectivity index (χ3n) is 4.97. The molecule has 0 unspecified atom stereocenters. The van der Waals surface area contributed by atoms with Gasteiger partial charge in [0.1, 0.15) is 0 Å². The molecule has 0 radical (unpaired) electrons. The SMILES string of the molecule is CNCc1ccc(Br)cc1N1CCC[C@H]2CCCC[C@H]21. The van der Waals surface area contributed by atoms with E-state index in [-0.39, 0.29) is 0 Å². The zero-order valence-corrected chi connectivity index (χ0v) is 14.0. The molecule has 1 aliphatic heterocycles. The molecule has 2 atom stereocenters. The van der Waals surface area contributed by atoms with Gasteiger partial charge in [0, 0.05) is 29.3 Å². The minimum Gasteiger partial charge on any atom is -0.368 e. The van der Waals surface area contributed by atoms with Gasteiger partial charge in [0.25, 0.3) is 0 Å². The zero-order chi connectivity index (χ0) is 13.9. The van der Waals surface area contributed by atoms with Crippen molar-refractivity contribution in [3.05, 3.63) is 28.2 Å². The predicted molar refractivity (Wildman–Crippen MR) is 89.2 cm³/mol. The summed E-state index contributed by atoms with van der Waals surface area (Å²) in [7, 11) is 2.03. The number of hydrogen-bond acceptors (Lipinski definition) is 2.